The van der Waals surface area contributed by atoms with Gasteiger partial charge in [0.15, 0.2) is 0 Å². The van der Waals surface area contributed by atoms with Crippen LogP contribution in [0.2, 0.25) is 0 Å². The smallest absolute Gasteiger partial charge is 0.316 e. The number of primary amides is 1. The van der Waals surface area contributed by atoms with Gasteiger partial charge in [0.05, 0.1) is 7.11 Å². The number of rotatable bonds is 3. The lowest BCUT2D eigenvalue weighted by Gasteiger charge is -2.03. The van der Waals surface area contributed by atoms with Crippen LogP contribution in [-0.2, 0) is 6.42 Å². The molecule has 1 aromatic heterocycles. The van der Waals surface area contributed by atoms with E-state index in [9.17, 15) is 4.79 Å². The number of methoxy groups -OCH3 is 1. The lowest BCUT2D eigenvalue weighted by Crippen LogP contribution is -2.16. The zero-order valence-electron chi connectivity index (χ0n) is 9.57. The summed E-state index contributed by atoms with van der Waals surface area (Å²) in [6.45, 7) is 5.90. The molecule has 0 saturated carbocycles. The highest BCUT2D eigenvalue weighted by Gasteiger charge is 2.10. The maximum atomic E-state index is 10.9. The van der Waals surface area contributed by atoms with E-state index in [-0.39, 0.29) is 11.7 Å². The quantitative estimate of drug-likeness (QED) is 0.814. The van der Waals surface area contributed by atoms with Crippen molar-refractivity contribution in [2.24, 2.45) is 5.73 Å². The SMILES string of the molecule is CC.CCc1cnc(OC)nc1C(N)=O. The minimum Gasteiger partial charge on any atom is -0.467 e. The fourth-order valence-corrected chi connectivity index (χ4v) is 0.961. The van der Waals surface area contributed by atoms with Crippen molar-refractivity contribution in [2.75, 3.05) is 7.11 Å². The van der Waals surface area contributed by atoms with Crippen LogP contribution in [0.5, 0.6) is 6.01 Å². The van der Waals surface area contributed by atoms with E-state index in [1.54, 1.807) is 6.20 Å². The number of ether oxygens (including phenoxy) is 1. The predicted molar refractivity (Wildman–Crippen MR) is 57.8 cm³/mol. The Morgan fingerprint density at radius 1 is 1.53 bits per heavy atom. The Morgan fingerprint density at radius 2 is 2.13 bits per heavy atom. The number of nitrogens with two attached hydrogens (primary N) is 1. The first kappa shape index (κ1) is 13.4. The molecule has 0 bridgehead atoms. The van der Waals surface area contributed by atoms with Crippen molar-refractivity contribution >= 4 is 5.91 Å². The number of aromatic nitrogens is 2. The molecule has 1 heterocycles. The molecule has 1 amide bonds. The van der Waals surface area contributed by atoms with Crippen molar-refractivity contribution in [1.29, 1.82) is 0 Å². The average Bonchev–Trinajstić information content (AvgIpc) is 2.30. The van der Waals surface area contributed by atoms with Crippen LogP contribution >= 0.6 is 0 Å². The molecule has 0 aliphatic heterocycles. The van der Waals surface area contributed by atoms with E-state index < -0.39 is 5.91 Å². The van der Waals surface area contributed by atoms with E-state index in [1.165, 1.54) is 7.11 Å². The minimum atomic E-state index is -0.558. The molecule has 5 heteroatoms. The Kier molecular flexibility index (Phi) is 6.01. The lowest BCUT2D eigenvalue weighted by molar-refractivity contribution is 0.0993. The Balaban J connectivity index is 0.000000921. The molecule has 84 valence electrons. The summed E-state index contributed by atoms with van der Waals surface area (Å²) in [5.41, 5.74) is 6.09. The molecular formula is C10H17N3O2. The maximum Gasteiger partial charge on any atom is 0.316 e. The van der Waals surface area contributed by atoms with Gasteiger partial charge in [0.2, 0.25) is 0 Å². The first-order valence-corrected chi connectivity index (χ1v) is 4.88. The second-order valence-electron chi connectivity index (χ2n) is 2.45. The molecule has 5 nitrogen and oxygen atoms in total. The van der Waals surface area contributed by atoms with Crippen LogP contribution in [0.25, 0.3) is 0 Å². The molecule has 0 aliphatic rings. The van der Waals surface area contributed by atoms with Gasteiger partial charge in [-0.3, -0.25) is 4.79 Å². The zero-order chi connectivity index (χ0) is 11.8. The summed E-state index contributed by atoms with van der Waals surface area (Å²) in [6, 6.07) is 0.158. The molecule has 0 spiro atoms. The second-order valence-corrected chi connectivity index (χ2v) is 2.45. The van der Waals surface area contributed by atoms with Crippen molar-refractivity contribution in [3.05, 3.63) is 17.5 Å². The summed E-state index contributed by atoms with van der Waals surface area (Å²) in [4.78, 5) is 18.6. The highest BCUT2D eigenvalue weighted by atomic mass is 16.5. The summed E-state index contributed by atoms with van der Waals surface area (Å²) in [5.74, 6) is -0.558. The number of hydrogen-bond donors (Lipinski definition) is 1. The highest BCUT2D eigenvalue weighted by molar-refractivity contribution is 5.92. The Hall–Kier alpha value is -1.65. The van der Waals surface area contributed by atoms with Crippen LogP contribution in [-0.4, -0.2) is 23.0 Å². The van der Waals surface area contributed by atoms with Crippen LogP contribution in [0.3, 0.4) is 0 Å². The van der Waals surface area contributed by atoms with Gasteiger partial charge in [-0.25, -0.2) is 4.98 Å². The number of carbonyl (C=O) groups excluding carboxylic acids is 1. The van der Waals surface area contributed by atoms with Gasteiger partial charge in [0, 0.05) is 11.8 Å². The predicted octanol–water partition coefficient (Wildman–Crippen LogP) is 1.17. The van der Waals surface area contributed by atoms with Gasteiger partial charge < -0.3 is 10.5 Å². The van der Waals surface area contributed by atoms with E-state index in [4.69, 9.17) is 10.5 Å². The normalized spacial score (nSPS) is 8.80. The third-order valence-electron chi connectivity index (χ3n) is 1.64. The molecule has 0 aliphatic carbocycles. The summed E-state index contributed by atoms with van der Waals surface area (Å²) in [5, 5.41) is 0. The maximum absolute atomic E-state index is 10.9. The molecule has 0 saturated heterocycles. The largest absolute Gasteiger partial charge is 0.467 e. The number of carbonyl (C=O) groups is 1. The lowest BCUT2D eigenvalue weighted by atomic mass is 10.2. The van der Waals surface area contributed by atoms with E-state index in [0.29, 0.717) is 6.42 Å². The number of aryl methyl sites for hydroxylation is 1. The fraction of sp³-hybridized carbons (Fsp3) is 0.500. The van der Waals surface area contributed by atoms with Crippen LogP contribution in [0.15, 0.2) is 6.20 Å². The molecule has 1 rings (SSSR count). The van der Waals surface area contributed by atoms with Crippen molar-refractivity contribution in [3.8, 4) is 6.01 Å². The van der Waals surface area contributed by atoms with Gasteiger partial charge in [-0.2, -0.15) is 4.98 Å². The highest BCUT2D eigenvalue weighted by Crippen LogP contribution is 2.09. The van der Waals surface area contributed by atoms with Gasteiger partial charge >= 0.3 is 6.01 Å². The van der Waals surface area contributed by atoms with E-state index in [0.717, 1.165) is 5.56 Å². The standard InChI is InChI=1S/C8H11N3O2.C2H6/c1-3-5-4-10-8(13-2)11-6(5)7(9)12;1-2/h4H,3H2,1-2H3,(H2,9,12);1-2H3. The third kappa shape index (κ3) is 3.53. The Labute approximate surface area is 89.7 Å². The monoisotopic (exact) mass is 211 g/mol. The van der Waals surface area contributed by atoms with E-state index in [2.05, 4.69) is 9.97 Å². The van der Waals surface area contributed by atoms with Crippen LogP contribution in [0, 0.1) is 0 Å². The molecule has 1 aromatic rings. The third-order valence-corrected chi connectivity index (χ3v) is 1.64. The van der Waals surface area contributed by atoms with Crippen LogP contribution in [0.4, 0.5) is 0 Å². The molecule has 0 unspecified atom stereocenters. The van der Waals surface area contributed by atoms with Crippen LogP contribution < -0.4 is 10.5 Å². The number of hydrogen-bond acceptors (Lipinski definition) is 4. The summed E-state index contributed by atoms with van der Waals surface area (Å²) in [6.07, 6.45) is 2.22. The molecule has 15 heavy (non-hydrogen) atoms. The fourth-order valence-electron chi connectivity index (χ4n) is 0.961. The first-order chi connectivity index (χ1) is 7.19. The first-order valence-electron chi connectivity index (χ1n) is 4.88. The number of nitrogens with zero attached hydrogens (tertiary/aromatic N) is 2. The van der Waals surface area contributed by atoms with E-state index in [1.807, 2.05) is 20.8 Å². The van der Waals surface area contributed by atoms with Gasteiger partial charge in [0.25, 0.3) is 5.91 Å². The summed E-state index contributed by atoms with van der Waals surface area (Å²) < 4.78 is 4.77. The van der Waals surface area contributed by atoms with E-state index >= 15 is 0 Å². The van der Waals surface area contributed by atoms with Crippen molar-refractivity contribution in [2.45, 2.75) is 27.2 Å². The number of amides is 1. The molecule has 2 N–H and O–H groups in total. The van der Waals surface area contributed by atoms with Crippen LogP contribution in [0.1, 0.15) is 36.8 Å². The van der Waals surface area contributed by atoms with Gasteiger partial charge in [-0.05, 0) is 6.42 Å². The molecule has 0 fully saturated rings. The average molecular weight is 211 g/mol. The Bertz CT molecular complexity index is 326. The topological polar surface area (TPSA) is 78.1 Å². The molecule has 0 atom stereocenters. The summed E-state index contributed by atoms with van der Waals surface area (Å²) in [7, 11) is 1.44. The molecule has 0 radical (unpaired) electrons. The Morgan fingerprint density at radius 3 is 2.53 bits per heavy atom. The minimum absolute atomic E-state index is 0.158. The van der Waals surface area contributed by atoms with Crippen molar-refractivity contribution in [1.82, 2.24) is 9.97 Å². The van der Waals surface area contributed by atoms with Gasteiger partial charge in [-0.15, -0.1) is 0 Å². The van der Waals surface area contributed by atoms with Crippen molar-refractivity contribution < 1.29 is 9.53 Å². The molecular weight excluding hydrogens is 194 g/mol. The van der Waals surface area contributed by atoms with Gasteiger partial charge in [0.1, 0.15) is 5.69 Å². The summed E-state index contributed by atoms with van der Waals surface area (Å²) >= 11 is 0. The van der Waals surface area contributed by atoms with Crippen molar-refractivity contribution in [3.63, 3.8) is 0 Å². The zero-order valence-corrected chi connectivity index (χ0v) is 9.57. The molecule has 0 aromatic carbocycles. The van der Waals surface area contributed by atoms with Gasteiger partial charge in [-0.1, -0.05) is 20.8 Å². The second kappa shape index (κ2) is 6.75.